The number of hydrogen-bond acceptors (Lipinski definition) is 2. The number of rotatable bonds is 5. The van der Waals surface area contributed by atoms with Gasteiger partial charge in [0.25, 0.3) is 0 Å². The molecule has 1 aromatic heterocycles. The number of amides is 1. The Labute approximate surface area is 151 Å². The summed E-state index contributed by atoms with van der Waals surface area (Å²) in [5, 5.41) is 2.95. The lowest BCUT2D eigenvalue weighted by molar-refractivity contribution is -0.137. The molecule has 0 bridgehead atoms. The van der Waals surface area contributed by atoms with Gasteiger partial charge in [0.15, 0.2) is 0 Å². The third-order valence-electron chi connectivity index (χ3n) is 6.47. The average Bonchev–Trinajstić information content (AvgIpc) is 3.12. The predicted molar refractivity (Wildman–Crippen MR) is 99.7 cm³/mol. The van der Waals surface area contributed by atoms with E-state index >= 15 is 0 Å². The van der Waals surface area contributed by atoms with Crippen LogP contribution in [0.2, 0.25) is 0 Å². The first-order valence-electron chi connectivity index (χ1n) is 9.47. The molecule has 25 heavy (non-hydrogen) atoms. The summed E-state index contributed by atoms with van der Waals surface area (Å²) in [6.07, 6.45) is 16.5. The fourth-order valence-corrected chi connectivity index (χ4v) is 5.03. The van der Waals surface area contributed by atoms with Crippen LogP contribution in [0.5, 0.6) is 0 Å². The van der Waals surface area contributed by atoms with Crippen molar-refractivity contribution in [2.24, 2.45) is 17.3 Å². The molecule has 1 heterocycles. The fourth-order valence-electron chi connectivity index (χ4n) is 5.03. The summed E-state index contributed by atoms with van der Waals surface area (Å²) in [6, 6.07) is 2.05. The molecular weight excluding hydrogens is 310 g/mol. The maximum atomic E-state index is 12.8. The zero-order chi connectivity index (χ0) is 17.9. The Bertz CT molecular complexity index is 679. The zero-order valence-electron chi connectivity index (χ0n) is 15.4. The Morgan fingerprint density at radius 2 is 2.28 bits per heavy atom. The van der Waals surface area contributed by atoms with Gasteiger partial charge >= 0.3 is 0 Å². The van der Waals surface area contributed by atoms with E-state index in [0.29, 0.717) is 18.4 Å². The largest absolute Gasteiger partial charge is 0.472 e. The number of aryl methyl sites for hydroxylation is 1. The molecule has 3 nitrogen and oxygen atoms in total. The number of carbonyl (C=O) groups is 1. The third kappa shape index (κ3) is 3.54. The van der Waals surface area contributed by atoms with Crippen molar-refractivity contribution >= 4 is 5.91 Å². The van der Waals surface area contributed by atoms with Gasteiger partial charge in [-0.3, -0.25) is 4.79 Å². The second-order valence-corrected chi connectivity index (χ2v) is 7.89. The molecule has 2 aliphatic rings. The van der Waals surface area contributed by atoms with Gasteiger partial charge < -0.3 is 9.73 Å². The van der Waals surface area contributed by atoms with Gasteiger partial charge in [0.05, 0.1) is 19.1 Å². The van der Waals surface area contributed by atoms with Gasteiger partial charge in [0, 0.05) is 5.41 Å². The van der Waals surface area contributed by atoms with Gasteiger partial charge in [-0.05, 0) is 68.9 Å². The number of fused-ring (bicyclic) bond motifs is 1. The standard InChI is InChI=1S/C22H29NO2/c1-4-13-23-21(24)22(3)12-5-6-19-18(16(2)7-10-20(19)22)9-8-17-11-14-25-15-17/h1,11,14-15,19-20H,5-10,12-13H2,2-3H3,(H,23,24)/t19-,20-,22+/m1/s1. The van der Waals surface area contributed by atoms with Crippen LogP contribution in [0.25, 0.3) is 0 Å². The highest BCUT2D eigenvalue weighted by molar-refractivity contribution is 5.83. The quantitative estimate of drug-likeness (QED) is 0.634. The molecule has 3 atom stereocenters. The van der Waals surface area contributed by atoms with E-state index in [1.807, 2.05) is 6.26 Å². The minimum atomic E-state index is -0.290. The van der Waals surface area contributed by atoms with Crippen LogP contribution in [0.1, 0.15) is 57.9 Å². The van der Waals surface area contributed by atoms with Crippen molar-refractivity contribution in [2.45, 2.75) is 58.8 Å². The first-order valence-corrected chi connectivity index (χ1v) is 9.47. The summed E-state index contributed by atoms with van der Waals surface area (Å²) in [6.45, 7) is 4.77. The normalized spacial score (nSPS) is 29.0. The summed E-state index contributed by atoms with van der Waals surface area (Å²) in [4.78, 5) is 12.8. The molecule has 0 radical (unpaired) electrons. The highest BCUT2D eigenvalue weighted by Gasteiger charge is 2.49. The molecule has 0 aliphatic heterocycles. The molecule has 0 aromatic carbocycles. The van der Waals surface area contributed by atoms with E-state index in [1.54, 1.807) is 11.8 Å². The third-order valence-corrected chi connectivity index (χ3v) is 6.47. The molecule has 1 saturated carbocycles. The number of furan rings is 1. The van der Waals surface area contributed by atoms with Gasteiger partial charge in [-0.2, -0.15) is 0 Å². The van der Waals surface area contributed by atoms with E-state index in [9.17, 15) is 4.79 Å². The van der Waals surface area contributed by atoms with E-state index in [0.717, 1.165) is 38.5 Å². The Kier molecular flexibility index (Phi) is 5.37. The highest BCUT2D eigenvalue weighted by atomic mass is 16.3. The minimum absolute atomic E-state index is 0.147. The highest BCUT2D eigenvalue weighted by Crippen LogP contribution is 2.53. The fraction of sp³-hybridized carbons (Fsp3) is 0.591. The summed E-state index contributed by atoms with van der Waals surface area (Å²) >= 11 is 0. The summed E-state index contributed by atoms with van der Waals surface area (Å²) in [5.74, 6) is 3.65. The van der Waals surface area contributed by atoms with Crippen molar-refractivity contribution in [1.29, 1.82) is 0 Å². The zero-order valence-corrected chi connectivity index (χ0v) is 15.4. The minimum Gasteiger partial charge on any atom is -0.472 e. The van der Waals surface area contributed by atoms with Crippen LogP contribution in [-0.4, -0.2) is 12.5 Å². The van der Waals surface area contributed by atoms with Crippen molar-refractivity contribution in [1.82, 2.24) is 5.32 Å². The van der Waals surface area contributed by atoms with Crippen LogP contribution in [-0.2, 0) is 11.2 Å². The smallest absolute Gasteiger partial charge is 0.226 e. The topological polar surface area (TPSA) is 42.2 Å². The molecule has 3 heteroatoms. The second-order valence-electron chi connectivity index (χ2n) is 7.89. The van der Waals surface area contributed by atoms with Crippen molar-refractivity contribution in [2.75, 3.05) is 6.54 Å². The molecule has 134 valence electrons. The van der Waals surface area contributed by atoms with Crippen LogP contribution in [0.3, 0.4) is 0 Å². The molecule has 1 N–H and O–H groups in total. The van der Waals surface area contributed by atoms with E-state index < -0.39 is 0 Å². The number of nitrogens with one attached hydrogen (secondary N) is 1. The van der Waals surface area contributed by atoms with E-state index in [2.05, 4.69) is 31.2 Å². The van der Waals surface area contributed by atoms with Gasteiger partial charge in [0.1, 0.15) is 0 Å². The molecule has 1 fully saturated rings. The number of hydrogen-bond donors (Lipinski definition) is 1. The summed E-state index contributed by atoms with van der Waals surface area (Å²) in [7, 11) is 0. The maximum Gasteiger partial charge on any atom is 0.226 e. The second kappa shape index (κ2) is 7.52. The van der Waals surface area contributed by atoms with Gasteiger partial charge in [0.2, 0.25) is 5.91 Å². The van der Waals surface area contributed by atoms with Gasteiger partial charge in [-0.15, -0.1) is 6.42 Å². The molecular formula is C22H29NO2. The lowest BCUT2D eigenvalue weighted by Gasteiger charge is -2.48. The Balaban J connectivity index is 1.78. The lowest BCUT2D eigenvalue weighted by Crippen LogP contribution is -2.50. The first kappa shape index (κ1) is 17.9. The van der Waals surface area contributed by atoms with E-state index in [-0.39, 0.29) is 11.3 Å². The molecule has 0 saturated heterocycles. The molecule has 2 aliphatic carbocycles. The van der Waals surface area contributed by atoms with Crippen LogP contribution in [0.15, 0.2) is 34.2 Å². The summed E-state index contributed by atoms with van der Waals surface area (Å²) < 4.78 is 5.20. The molecule has 1 amide bonds. The molecule has 0 spiro atoms. The summed E-state index contributed by atoms with van der Waals surface area (Å²) in [5.41, 5.74) is 4.10. The van der Waals surface area contributed by atoms with Crippen LogP contribution in [0.4, 0.5) is 0 Å². The Morgan fingerprint density at radius 3 is 3.00 bits per heavy atom. The Hall–Kier alpha value is -1.95. The predicted octanol–water partition coefficient (Wildman–Crippen LogP) is 4.49. The van der Waals surface area contributed by atoms with Crippen molar-refractivity contribution in [3.8, 4) is 12.3 Å². The average molecular weight is 339 g/mol. The van der Waals surface area contributed by atoms with Crippen molar-refractivity contribution in [3.05, 3.63) is 35.3 Å². The SMILES string of the molecule is C#CCNC(=O)[C@@]1(C)CCC[C@@H]2C(CCc3ccoc3)=C(C)CC[C@H]21. The van der Waals surface area contributed by atoms with Crippen LogP contribution >= 0.6 is 0 Å². The van der Waals surface area contributed by atoms with Gasteiger partial charge in [-0.1, -0.05) is 30.4 Å². The van der Waals surface area contributed by atoms with E-state index in [1.165, 1.54) is 17.6 Å². The molecule has 1 aromatic rings. The van der Waals surface area contributed by atoms with Crippen LogP contribution in [0, 0.1) is 29.6 Å². The number of terminal acetylenes is 1. The Morgan fingerprint density at radius 1 is 1.44 bits per heavy atom. The monoisotopic (exact) mass is 339 g/mol. The maximum absolute atomic E-state index is 12.8. The van der Waals surface area contributed by atoms with Crippen molar-refractivity contribution < 1.29 is 9.21 Å². The lowest BCUT2D eigenvalue weighted by atomic mass is 9.56. The van der Waals surface area contributed by atoms with Crippen LogP contribution < -0.4 is 5.32 Å². The first-order chi connectivity index (χ1) is 12.1. The molecule has 0 unspecified atom stereocenters. The number of carbonyl (C=O) groups excluding carboxylic acids is 1. The van der Waals surface area contributed by atoms with Crippen molar-refractivity contribution in [3.63, 3.8) is 0 Å². The van der Waals surface area contributed by atoms with E-state index in [4.69, 9.17) is 10.8 Å². The number of allylic oxidation sites excluding steroid dienone is 2. The molecule has 3 rings (SSSR count). The van der Waals surface area contributed by atoms with Gasteiger partial charge in [-0.25, -0.2) is 0 Å².